The highest BCUT2D eigenvalue weighted by Gasteiger charge is 2.17. The summed E-state index contributed by atoms with van der Waals surface area (Å²) >= 11 is 13.8. The Morgan fingerprint density at radius 3 is 3.00 bits per heavy atom. The van der Waals surface area contributed by atoms with E-state index in [4.69, 9.17) is 27.9 Å². The summed E-state index contributed by atoms with van der Waals surface area (Å²) in [6.45, 7) is 1.21. The molecule has 3 nitrogen and oxygen atoms in total. The molecule has 0 spiro atoms. The number of rotatable bonds is 3. The molecule has 0 saturated carbocycles. The van der Waals surface area contributed by atoms with Crippen molar-refractivity contribution in [2.24, 2.45) is 0 Å². The molecule has 0 atom stereocenters. The fourth-order valence-corrected chi connectivity index (χ4v) is 3.34. The quantitative estimate of drug-likeness (QED) is 0.627. The Balaban J connectivity index is 1.76. The minimum atomic E-state index is 0.510. The van der Waals surface area contributed by atoms with Gasteiger partial charge < -0.3 is 4.74 Å². The van der Waals surface area contributed by atoms with E-state index in [0.717, 1.165) is 33.4 Å². The van der Waals surface area contributed by atoms with E-state index in [1.807, 2.05) is 24.3 Å². The largest absolute Gasteiger partial charge is 0.376 e. The van der Waals surface area contributed by atoms with E-state index in [9.17, 15) is 0 Å². The first-order valence-corrected chi connectivity index (χ1v) is 7.97. The molecule has 2 heterocycles. The number of halogens is 2. The second-order valence-corrected chi connectivity index (χ2v) is 6.25. The van der Waals surface area contributed by atoms with Gasteiger partial charge in [0, 0.05) is 21.9 Å². The third-order valence-corrected chi connectivity index (χ3v) is 4.52. The summed E-state index contributed by atoms with van der Waals surface area (Å²) in [6.07, 6.45) is 0.798. The van der Waals surface area contributed by atoms with Crippen molar-refractivity contribution < 1.29 is 4.74 Å². The molecule has 0 radical (unpaired) electrons. The van der Waals surface area contributed by atoms with E-state index in [2.05, 4.69) is 9.97 Å². The summed E-state index contributed by atoms with van der Waals surface area (Å²) in [6, 6.07) is 7.74. The van der Waals surface area contributed by atoms with Crippen LogP contribution in [0.3, 0.4) is 0 Å². The van der Waals surface area contributed by atoms with Crippen LogP contribution in [0.4, 0.5) is 0 Å². The van der Waals surface area contributed by atoms with E-state index in [1.165, 1.54) is 0 Å². The van der Waals surface area contributed by atoms with Crippen molar-refractivity contribution in [3.63, 3.8) is 0 Å². The van der Waals surface area contributed by atoms with Crippen LogP contribution in [0.1, 0.15) is 17.1 Å². The molecule has 0 fully saturated rings. The average molecular weight is 327 g/mol. The van der Waals surface area contributed by atoms with Gasteiger partial charge in [-0.05, 0) is 18.2 Å². The molecule has 0 N–H and O–H groups in total. The van der Waals surface area contributed by atoms with Crippen molar-refractivity contribution >= 4 is 35.0 Å². The van der Waals surface area contributed by atoms with E-state index < -0.39 is 0 Å². The Kier molecular flexibility index (Phi) is 4.46. The molecule has 2 aromatic rings. The van der Waals surface area contributed by atoms with Crippen LogP contribution in [0.5, 0.6) is 0 Å². The van der Waals surface area contributed by atoms with E-state index in [0.29, 0.717) is 24.1 Å². The summed E-state index contributed by atoms with van der Waals surface area (Å²) < 4.78 is 5.37. The molecular formula is C14H12Cl2N2OS. The lowest BCUT2D eigenvalue weighted by molar-refractivity contribution is 0.109. The van der Waals surface area contributed by atoms with E-state index >= 15 is 0 Å². The number of aromatic nitrogens is 2. The van der Waals surface area contributed by atoms with E-state index in [1.54, 1.807) is 11.8 Å². The third-order valence-electron chi connectivity index (χ3n) is 2.98. The molecule has 3 rings (SSSR count). The predicted molar refractivity (Wildman–Crippen MR) is 81.4 cm³/mol. The molecule has 0 aliphatic carbocycles. The van der Waals surface area contributed by atoms with Crippen LogP contribution < -0.4 is 0 Å². The van der Waals surface area contributed by atoms with Crippen molar-refractivity contribution in [3.05, 3.63) is 51.5 Å². The van der Waals surface area contributed by atoms with Gasteiger partial charge in [0.2, 0.25) is 0 Å². The Hall–Kier alpha value is -0.810. The molecule has 0 bridgehead atoms. The van der Waals surface area contributed by atoms with Gasteiger partial charge in [0.05, 0.1) is 24.7 Å². The van der Waals surface area contributed by atoms with Crippen molar-refractivity contribution in [1.29, 1.82) is 0 Å². The highest BCUT2D eigenvalue weighted by Crippen LogP contribution is 2.27. The maximum absolute atomic E-state index is 6.19. The highest BCUT2D eigenvalue weighted by molar-refractivity contribution is 7.98. The molecule has 0 amide bonds. The van der Waals surface area contributed by atoms with Crippen molar-refractivity contribution in [2.45, 2.75) is 23.7 Å². The van der Waals surface area contributed by atoms with Crippen LogP contribution in [0.25, 0.3) is 0 Å². The highest BCUT2D eigenvalue weighted by atomic mass is 35.5. The van der Waals surface area contributed by atoms with Gasteiger partial charge in [0.15, 0.2) is 0 Å². The fourth-order valence-electron chi connectivity index (χ4n) is 2.01. The second kappa shape index (κ2) is 6.31. The number of benzene rings is 1. The molecule has 1 aliphatic rings. The van der Waals surface area contributed by atoms with Crippen LogP contribution in [0, 0.1) is 0 Å². The Morgan fingerprint density at radius 2 is 2.15 bits per heavy atom. The van der Waals surface area contributed by atoms with Crippen molar-refractivity contribution in [2.75, 3.05) is 6.61 Å². The number of hydrogen-bond acceptors (Lipinski definition) is 4. The number of ether oxygens (including phenoxy) is 1. The SMILES string of the molecule is Clc1cccc(SCc2nc(Cl)c3c(n2)CCOC3)c1. The standard InChI is InChI=1S/C14H12Cl2N2OS/c15-9-2-1-3-10(6-9)20-8-13-17-12-4-5-19-7-11(12)14(16)18-13/h1-3,6H,4-5,7-8H2. The Morgan fingerprint density at radius 1 is 1.25 bits per heavy atom. The van der Waals surface area contributed by atoms with Crippen molar-refractivity contribution in [3.8, 4) is 0 Å². The van der Waals surface area contributed by atoms with Gasteiger partial charge in [-0.1, -0.05) is 29.3 Å². The zero-order chi connectivity index (χ0) is 13.9. The molecule has 0 unspecified atom stereocenters. The lowest BCUT2D eigenvalue weighted by atomic mass is 10.1. The number of thioether (sulfide) groups is 1. The fraction of sp³-hybridized carbons (Fsp3) is 0.286. The first-order chi connectivity index (χ1) is 9.72. The molecule has 0 saturated heterocycles. The van der Waals surface area contributed by atoms with Crippen LogP contribution in [0.2, 0.25) is 10.2 Å². The van der Waals surface area contributed by atoms with Gasteiger partial charge in [0.25, 0.3) is 0 Å². The number of fused-ring (bicyclic) bond motifs is 1. The average Bonchev–Trinajstić information content (AvgIpc) is 2.45. The topological polar surface area (TPSA) is 35.0 Å². The zero-order valence-electron chi connectivity index (χ0n) is 10.6. The van der Waals surface area contributed by atoms with Gasteiger partial charge in [-0.2, -0.15) is 0 Å². The summed E-state index contributed by atoms with van der Waals surface area (Å²) in [5, 5.41) is 1.24. The minimum absolute atomic E-state index is 0.510. The Bertz CT molecular complexity index is 637. The lowest BCUT2D eigenvalue weighted by Crippen LogP contribution is -2.14. The molecule has 6 heteroatoms. The van der Waals surface area contributed by atoms with Crippen molar-refractivity contribution in [1.82, 2.24) is 9.97 Å². The first kappa shape index (κ1) is 14.1. The summed E-state index contributed by atoms with van der Waals surface area (Å²) in [7, 11) is 0. The summed E-state index contributed by atoms with van der Waals surface area (Å²) in [5.74, 6) is 1.43. The predicted octanol–water partition coefficient (Wildman–Crippen LogP) is 4.15. The van der Waals surface area contributed by atoms with Crippen LogP contribution in [0.15, 0.2) is 29.2 Å². The first-order valence-electron chi connectivity index (χ1n) is 6.22. The van der Waals surface area contributed by atoms with Crippen LogP contribution in [-0.2, 0) is 23.5 Å². The monoisotopic (exact) mass is 326 g/mol. The third kappa shape index (κ3) is 3.26. The molecule has 20 heavy (non-hydrogen) atoms. The number of nitrogens with zero attached hydrogens (tertiary/aromatic N) is 2. The molecule has 1 aliphatic heterocycles. The maximum atomic E-state index is 6.19. The van der Waals surface area contributed by atoms with Gasteiger partial charge in [-0.3, -0.25) is 0 Å². The summed E-state index contributed by atoms with van der Waals surface area (Å²) in [4.78, 5) is 10.0. The lowest BCUT2D eigenvalue weighted by Gasteiger charge is -2.17. The molecular weight excluding hydrogens is 315 g/mol. The molecule has 1 aromatic carbocycles. The van der Waals surface area contributed by atoms with E-state index in [-0.39, 0.29) is 0 Å². The van der Waals surface area contributed by atoms with Gasteiger partial charge in [0.1, 0.15) is 11.0 Å². The maximum Gasteiger partial charge on any atom is 0.140 e. The minimum Gasteiger partial charge on any atom is -0.376 e. The van der Waals surface area contributed by atoms with Gasteiger partial charge >= 0.3 is 0 Å². The van der Waals surface area contributed by atoms with Gasteiger partial charge in [-0.15, -0.1) is 11.8 Å². The molecule has 104 valence electrons. The second-order valence-electron chi connectivity index (χ2n) is 4.40. The molecule has 1 aromatic heterocycles. The number of hydrogen-bond donors (Lipinski definition) is 0. The van der Waals surface area contributed by atoms with Crippen LogP contribution >= 0.6 is 35.0 Å². The smallest absolute Gasteiger partial charge is 0.140 e. The summed E-state index contributed by atoms with van der Waals surface area (Å²) in [5.41, 5.74) is 1.94. The normalized spacial score (nSPS) is 14.1. The van der Waals surface area contributed by atoms with Crippen LogP contribution in [-0.4, -0.2) is 16.6 Å². The zero-order valence-corrected chi connectivity index (χ0v) is 12.9. The Labute approximate surface area is 131 Å². The van der Waals surface area contributed by atoms with Gasteiger partial charge in [-0.25, -0.2) is 9.97 Å².